The molecule has 3 aromatic heterocycles. The lowest BCUT2D eigenvalue weighted by Crippen LogP contribution is -2.65. The lowest BCUT2D eigenvalue weighted by molar-refractivity contribution is -0.152. The van der Waals surface area contributed by atoms with Crippen LogP contribution in [0.2, 0.25) is 0 Å². The van der Waals surface area contributed by atoms with Gasteiger partial charge in [-0.25, -0.2) is 25.3 Å². The van der Waals surface area contributed by atoms with Gasteiger partial charge >= 0.3 is 12.0 Å². The third-order valence-electron chi connectivity index (χ3n) is 13.8. The van der Waals surface area contributed by atoms with Crippen molar-refractivity contribution in [1.82, 2.24) is 45.4 Å². The van der Waals surface area contributed by atoms with E-state index >= 15 is 0 Å². The number of amides is 4. The largest absolute Gasteiger partial charge is 0.465 e. The molecule has 350 valence electrons. The summed E-state index contributed by atoms with van der Waals surface area (Å²) in [5.74, 6) is -0.801. The molecular formula is C48H66N10O6S. The molecule has 0 radical (unpaired) electrons. The van der Waals surface area contributed by atoms with E-state index in [0.29, 0.717) is 69.2 Å². The van der Waals surface area contributed by atoms with E-state index in [1.54, 1.807) is 30.4 Å². The number of rotatable bonds is 8. The minimum Gasteiger partial charge on any atom is -0.465 e. The van der Waals surface area contributed by atoms with Crippen molar-refractivity contribution >= 4 is 51.9 Å². The van der Waals surface area contributed by atoms with Gasteiger partial charge in [0.1, 0.15) is 12.1 Å². The number of aryl methyl sites for hydroxylation is 1. The average molecular weight is 911 g/mol. The number of anilines is 1. The normalized spacial score (nSPS) is 21.6. The summed E-state index contributed by atoms with van der Waals surface area (Å²) in [6.07, 6.45) is 5.16. The quantitative estimate of drug-likeness (QED) is 0.151. The molecule has 4 aromatic rings. The molecule has 17 heteroatoms. The summed E-state index contributed by atoms with van der Waals surface area (Å²) in [6.45, 7) is 15.1. The van der Waals surface area contributed by atoms with E-state index in [0.717, 1.165) is 58.5 Å². The van der Waals surface area contributed by atoms with Gasteiger partial charge in [0.25, 0.3) is 5.91 Å². The van der Waals surface area contributed by atoms with Crippen molar-refractivity contribution in [2.45, 2.75) is 91.8 Å². The molecule has 0 saturated carbocycles. The number of hydrazine groups is 1. The summed E-state index contributed by atoms with van der Waals surface area (Å²) in [6, 6.07) is 8.44. The van der Waals surface area contributed by atoms with Crippen LogP contribution in [0.1, 0.15) is 70.9 Å². The highest BCUT2D eigenvalue weighted by Crippen LogP contribution is 2.43. The molecule has 1 aromatic carbocycles. The van der Waals surface area contributed by atoms with Gasteiger partial charge in [-0.15, -0.1) is 11.3 Å². The Morgan fingerprint density at radius 1 is 1.12 bits per heavy atom. The van der Waals surface area contributed by atoms with Crippen LogP contribution < -0.4 is 21.1 Å². The van der Waals surface area contributed by atoms with Crippen LogP contribution in [0.3, 0.4) is 0 Å². The van der Waals surface area contributed by atoms with Crippen molar-refractivity contribution in [1.29, 1.82) is 0 Å². The van der Waals surface area contributed by atoms with Gasteiger partial charge in [0.2, 0.25) is 5.91 Å². The molecule has 4 amide bonds. The fourth-order valence-corrected chi connectivity index (χ4v) is 11.2. The Balaban J connectivity index is 1.16. The number of likely N-dealkylation sites (N-methyl/N-ethyl adjacent to an activating group) is 1. The van der Waals surface area contributed by atoms with Crippen molar-refractivity contribution in [3.8, 4) is 22.5 Å². The highest BCUT2D eigenvalue weighted by atomic mass is 32.1. The lowest BCUT2D eigenvalue weighted by atomic mass is 9.79. The Hall–Kier alpha value is -5.10. The summed E-state index contributed by atoms with van der Waals surface area (Å²) in [5, 5.41) is 13.5. The van der Waals surface area contributed by atoms with E-state index in [-0.39, 0.29) is 48.2 Å². The molecule has 0 unspecified atom stereocenters. The van der Waals surface area contributed by atoms with Crippen LogP contribution in [-0.4, -0.2) is 132 Å². The molecule has 6 bridgehead atoms. The number of hydrogen-bond acceptors (Lipinski definition) is 12. The van der Waals surface area contributed by atoms with Gasteiger partial charge in [-0.05, 0) is 81.3 Å². The number of fused-ring (bicyclic) bond motifs is 10. The van der Waals surface area contributed by atoms with Gasteiger partial charge in [0.15, 0.2) is 5.82 Å². The molecule has 16 nitrogen and oxygen atoms in total. The van der Waals surface area contributed by atoms with Crippen LogP contribution in [0.15, 0.2) is 41.9 Å². The smallest absolute Gasteiger partial charge is 0.320 e. The number of likely N-dealkylation sites (tertiary alicyclic amines) is 1. The van der Waals surface area contributed by atoms with Crippen LogP contribution >= 0.6 is 11.3 Å². The van der Waals surface area contributed by atoms with E-state index in [1.807, 2.05) is 37.2 Å². The third-order valence-corrected chi connectivity index (χ3v) is 14.7. The molecule has 9 rings (SSSR count). The summed E-state index contributed by atoms with van der Waals surface area (Å²) in [7, 11) is 5.15. The maximum absolute atomic E-state index is 14.7. The summed E-state index contributed by atoms with van der Waals surface area (Å²) >= 11 is 1.45. The number of urea groups is 1. The Kier molecular flexibility index (Phi) is 13.6. The van der Waals surface area contributed by atoms with E-state index < -0.39 is 23.4 Å². The molecule has 3 saturated heterocycles. The van der Waals surface area contributed by atoms with Crippen LogP contribution in [0, 0.1) is 22.7 Å². The molecule has 3 atom stereocenters. The number of nitrogens with zero attached hydrogens (tertiary/aromatic N) is 7. The maximum Gasteiger partial charge on any atom is 0.320 e. The second kappa shape index (κ2) is 19.0. The first kappa shape index (κ1) is 46.4. The number of thiazole rings is 1. The van der Waals surface area contributed by atoms with Crippen LogP contribution in [0.5, 0.6) is 0 Å². The van der Waals surface area contributed by atoms with Crippen molar-refractivity contribution in [2.75, 3.05) is 72.1 Å². The first-order valence-corrected chi connectivity index (χ1v) is 24.1. The molecule has 8 heterocycles. The predicted molar refractivity (Wildman–Crippen MR) is 252 cm³/mol. The number of esters is 1. The monoisotopic (exact) mass is 910 g/mol. The molecule has 5 aliphatic heterocycles. The summed E-state index contributed by atoms with van der Waals surface area (Å²) in [4.78, 5) is 75.6. The van der Waals surface area contributed by atoms with Crippen LogP contribution in [-0.2, 0) is 43.3 Å². The molecule has 1 spiro atoms. The van der Waals surface area contributed by atoms with Crippen molar-refractivity contribution in [3.05, 3.63) is 52.5 Å². The van der Waals surface area contributed by atoms with E-state index in [4.69, 9.17) is 19.5 Å². The predicted octanol–water partition coefficient (Wildman–Crippen LogP) is 5.50. The maximum atomic E-state index is 14.7. The van der Waals surface area contributed by atoms with E-state index in [9.17, 15) is 19.2 Å². The number of hydrogen-bond donors (Lipinski definition) is 3. The number of carbonyl (C=O) groups excluding carboxylic acids is 4. The zero-order valence-electron chi connectivity index (χ0n) is 39.2. The SMILES string of the molecule is CCn1c(-c2cccnc2N(C)OC)c2c3cc(ccc31)-c1csc(n1)C[C@H](NC(=O)[C@H](C(C)C)N(C)C(=O)N1CC3(CCNC3)C1)C(=O)N1CCC[C@H](CCN1)C(=O)OCC(C)(C)C2. The fourth-order valence-electron chi connectivity index (χ4n) is 10.3. The van der Waals surface area contributed by atoms with Gasteiger partial charge in [0.05, 0.1) is 36.0 Å². The molecule has 65 heavy (non-hydrogen) atoms. The summed E-state index contributed by atoms with van der Waals surface area (Å²) in [5.41, 5.74) is 8.72. The second-order valence-corrected chi connectivity index (χ2v) is 20.5. The van der Waals surface area contributed by atoms with Crippen molar-refractivity contribution < 1.29 is 28.8 Å². The van der Waals surface area contributed by atoms with Gasteiger partial charge in [-0.1, -0.05) is 33.8 Å². The molecule has 3 N–H and O–H groups in total. The third kappa shape index (κ3) is 9.47. The lowest BCUT2D eigenvalue weighted by Gasteiger charge is -2.49. The Morgan fingerprint density at radius 2 is 1.92 bits per heavy atom. The molecule has 3 fully saturated rings. The Bertz CT molecular complexity index is 2390. The highest BCUT2D eigenvalue weighted by molar-refractivity contribution is 7.10. The number of pyridine rings is 1. The Morgan fingerprint density at radius 3 is 2.65 bits per heavy atom. The summed E-state index contributed by atoms with van der Waals surface area (Å²) < 4.78 is 8.49. The number of ether oxygens (including phenoxy) is 1. The minimum atomic E-state index is -0.974. The second-order valence-electron chi connectivity index (χ2n) is 19.6. The van der Waals surface area contributed by atoms with Gasteiger partial charge in [0, 0.05) is 104 Å². The molecule has 5 aliphatic rings. The number of nitrogens with one attached hydrogen (secondary N) is 3. The zero-order valence-corrected chi connectivity index (χ0v) is 40.1. The number of aromatic nitrogens is 3. The van der Waals surface area contributed by atoms with Gasteiger partial charge < -0.3 is 29.7 Å². The minimum absolute atomic E-state index is 0.116. The molecule has 0 aliphatic carbocycles. The van der Waals surface area contributed by atoms with Gasteiger partial charge in [-0.3, -0.25) is 24.2 Å². The highest BCUT2D eigenvalue weighted by Gasteiger charge is 2.48. The topological polar surface area (TPSA) is 166 Å². The first-order chi connectivity index (χ1) is 31.1. The molecular weight excluding hydrogens is 845 g/mol. The standard InChI is InChI=1S/C48H66N10O6S/c1-9-57-38-15-14-32-22-34(38)35(41(57)33-13-10-18-50-42(33)55(7)63-8)24-47(4,5)29-64-45(61)31-12-11-21-58(51-19-16-31)44(60)36(23-39-52-37(32)25-65-39)53-43(59)40(30(2)3)54(6)46(62)56-27-48(28-56)17-20-49-26-48/h10,13-15,18,22,25,30-31,36,40,49,51H,9,11-12,16-17,19-21,23-24,26-29H2,1-8H3,(H,53,59)/t31-,36+,40+/m1/s1. The van der Waals surface area contributed by atoms with E-state index in [2.05, 4.69) is 65.7 Å². The van der Waals surface area contributed by atoms with Crippen LogP contribution in [0.25, 0.3) is 33.4 Å². The fraction of sp³-hybridized carbons (Fsp3) is 0.583. The van der Waals surface area contributed by atoms with Crippen molar-refractivity contribution in [3.63, 3.8) is 0 Å². The van der Waals surface area contributed by atoms with Gasteiger partial charge in [-0.2, -0.15) is 0 Å². The zero-order chi connectivity index (χ0) is 46.2. The number of carbonyl (C=O) groups is 4. The number of benzene rings is 1. The average Bonchev–Trinajstić information content (AvgIpc) is 4.02. The first-order valence-electron chi connectivity index (χ1n) is 23.2. The van der Waals surface area contributed by atoms with Crippen molar-refractivity contribution in [2.24, 2.45) is 22.7 Å². The van der Waals surface area contributed by atoms with E-state index in [1.165, 1.54) is 16.2 Å². The number of hydroxylamine groups is 1. The Labute approximate surface area is 386 Å². The van der Waals surface area contributed by atoms with Crippen LogP contribution in [0.4, 0.5) is 10.6 Å².